The summed E-state index contributed by atoms with van der Waals surface area (Å²) in [6.45, 7) is 2.26. The summed E-state index contributed by atoms with van der Waals surface area (Å²) in [5.41, 5.74) is 14.9. The van der Waals surface area contributed by atoms with Crippen molar-refractivity contribution < 1.29 is 4.79 Å². The standard InChI is InChI=1S/C28H42N2O/c1-2-3-4-5-6-7-8-9-10-14-17-26(30)22-27(31)28(23-15-12-11-13-16-23)24-18-20-25(29)21-19-24/h11-13,15-16,18-21,26,28H,2-10,14,17,22,29-30H2,1H3. The largest absolute Gasteiger partial charge is 0.399 e. The van der Waals surface area contributed by atoms with Gasteiger partial charge in [-0.1, -0.05) is 114 Å². The van der Waals surface area contributed by atoms with E-state index < -0.39 is 0 Å². The maximum absolute atomic E-state index is 13.2. The Kier molecular flexibility index (Phi) is 12.0. The predicted molar refractivity (Wildman–Crippen MR) is 133 cm³/mol. The van der Waals surface area contributed by atoms with Crippen LogP contribution in [0.3, 0.4) is 0 Å². The molecule has 2 aromatic carbocycles. The summed E-state index contributed by atoms with van der Waals surface area (Å²) in [7, 11) is 0. The van der Waals surface area contributed by atoms with Gasteiger partial charge in [-0.3, -0.25) is 4.79 Å². The first-order valence-electron chi connectivity index (χ1n) is 12.3. The Labute approximate surface area is 189 Å². The van der Waals surface area contributed by atoms with Crippen LogP contribution in [0.25, 0.3) is 0 Å². The fourth-order valence-electron chi connectivity index (χ4n) is 4.27. The topological polar surface area (TPSA) is 69.1 Å². The molecule has 0 saturated heterocycles. The highest BCUT2D eigenvalue weighted by molar-refractivity contribution is 5.89. The fourth-order valence-corrected chi connectivity index (χ4v) is 4.27. The van der Waals surface area contributed by atoms with Crippen LogP contribution in [-0.2, 0) is 4.79 Å². The van der Waals surface area contributed by atoms with Gasteiger partial charge in [-0.15, -0.1) is 0 Å². The van der Waals surface area contributed by atoms with Crippen molar-refractivity contribution >= 4 is 11.5 Å². The van der Waals surface area contributed by atoms with Gasteiger partial charge in [-0.2, -0.15) is 0 Å². The van der Waals surface area contributed by atoms with E-state index >= 15 is 0 Å². The Hall–Kier alpha value is -2.13. The van der Waals surface area contributed by atoms with E-state index in [1.807, 2.05) is 54.6 Å². The number of rotatable bonds is 16. The Balaban J connectivity index is 1.75. The lowest BCUT2D eigenvalue weighted by Gasteiger charge is -2.19. The second-order valence-electron chi connectivity index (χ2n) is 8.91. The number of nitrogen functional groups attached to an aromatic ring is 1. The van der Waals surface area contributed by atoms with Gasteiger partial charge in [-0.25, -0.2) is 0 Å². The number of benzene rings is 2. The third-order valence-electron chi connectivity index (χ3n) is 6.12. The number of hydrogen-bond donors (Lipinski definition) is 2. The van der Waals surface area contributed by atoms with Gasteiger partial charge in [0.05, 0.1) is 5.92 Å². The number of anilines is 1. The van der Waals surface area contributed by atoms with E-state index in [0.29, 0.717) is 12.1 Å². The van der Waals surface area contributed by atoms with Crippen LogP contribution in [0.5, 0.6) is 0 Å². The zero-order valence-electron chi connectivity index (χ0n) is 19.4. The van der Waals surface area contributed by atoms with E-state index in [4.69, 9.17) is 11.5 Å². The van der Waals surface area contributed by atoms with Crippen LogP contribution < -0.4 is 11.5 Å². The molecule has 0 saturated carbocycles. The molecular formula is C28H42N2O. The smallest absolute Gasteiger partial charge is 0.146 e. The molecule has 3 heteroatoms. The first-order chi connectivity index (χ1) is 15.1. The third kappa shape index (κ3) is 9.69. The molecule has 3 nitrogen and oxygen atoms in total. The summed E-state index contributed by atoms with van der Waals surface area (Å²) in [6.07, 6.45) is 14.5. The van der Waals surface area contributed by atoms with Crippen LogP contribution in [0, 0.1) is 0 Å². The molecule has 0 aliphatic rings. The zero-order chi connectivity index (χ0) is 22.3. The number of unbranched alkanes of at least 4 members (excludes halogenated alkanes) is 9. The monoisotopic (exact) mass is 422 g/mol. The highest BCUT2D eigenvalue weighted by Crippen LogP contribution is 2.28. The molecule has 4 N–H and O–H groups in total. The molecule has 2 rings (SSSR count). The molecule has 0 fully saturated rings. The molecule has 0 amide bonds. The SMILES string of the molecule is CCCCCCCCCCCCC(N)CC(=O)C(c1ccccc1)c1ccc(N)cc1. The average molecular weight is 423 g/mol. The van der Waals surface area contributed by atoms with Gasteiger partial charge in [0.25, 0.3) is 0 Å². The van der Waals surface area contributed by atoms with Gasteiger partial charge >= 0.3 is 0 Å². The number of ketones is 1. The Morgan fingerprint density at radius 1 is 0.742 bits per heavy atom. The van der Waals surface area contributed by atoms with E-state index in [1.165, 1.54) is 57.8 Å². The van der Waals surface area contributed by atoms with E-state index in [-0.39, 0.29) is 17.7 Å². The maximum atomic E-state index is 13.2. The molecule has 2 aromatic rings. The minimum Gasteiger partial charge on any atom is -0.399 e. The summed E-state index contributed by atoms with van der Waals surface area (Å²) in [5, 5.41) is 0. The van der Waals surface area contributed by atoms with Crippen LogP contribution in [0.4, 0.5) is 5.69 Å². The highest BCUT2D eigenvalue weighted by atomic mass is 16.1. The van der Waals surface area contributed by atoms with Gasteiger partial charge in [0.15, 0.2) is 0 Å². The third-order valence-corrected chi connectivity index (χ3v) is 6.12. The average Bonchev–Trinajstić information content (AvgIpc) is 2.77. The van der Waals surface area contributed by atoms with Crippen LogP contribution in [0.2, 0.25) is 0 Å². The number of nitrogens with two attached hydrogens (primary N) is 2. The van der Waals surface area contributed by atoms with Crippen molar-refractivity contribution in [1.82, 2.24) is 0 Å². The second-order valence-corrected chi connectivity index (χ2v) is 8.91. The molecule has 0 radical (unpaired) electrons. The van der Waals surface area contributed by atoms with Crippen molar-refractivity contribution in [3.05, 3.63) is 65.7 Å². The minimum absolute atomic E-state index is 0.0680. The Bertz CT molecular complexity index is 726. The molecule has 2 atom stereocenters. The number of hydrogen-bond acceptors (Lipinski definition) is 3. The van der Waals surface area contributed by atoms with Gasteiger partial charge in [-0.05, 0) is 29.7 Å². The number of Topliss-reactive ketones (excluding diaryl/α,β-unsaturated/α-hetero) is 1. The summed E-state index contributed by atoms with van der Waals surface area (Å²) < 4.78 is 0. The van der Waals surface area contributed by atoms with Crippen molar-refractivity contribution in [2.75, 3.05) is 5.73 Å². The van der Waals surface area contributed by atoms with Crippen LogP contribution in [0.1, 0.15) is 101 Å². The maximum Gasteiger partial charge on any atom is 0.146 e. The lowest BCUT2D eigenvalue weighted by molar-refractivity contribution is -0.120. The molecule has 0 aliphatic heterocycles. The summed E-state index contributed by atoms with van der Waals surface area (Å²) in [4.78, 5) is 13.2. The first-order valence-corrected chi connectivity index (χ1v) is 12.3. The van der Waals surface area contributed by atoms with Crippen molar-refractivity contribution in [2.45, 2.75) is 95.9 Å². The molecule has 0 bridgehead atoms. The predicted octanol–water partition coefficient (Wildman–Crippen LogP) is 7.00. The number of carbonyl (C=O) groups is 1. The van der Waals surface area contributed by atoms with Gasteiger partial charge in [0, 0.05) is 18.2 Å². The summed E-state index contributed by atoms with van der Waals surface area (Å²) >= 11 is 0. The number of carbonyl (C=O) groups excluding carboxylic acids is 1. The van der Waals surface area contributed by atoms with Crippen molar-refractivity contribution in [3.8, 4) is 0 Å². The zero-order valence-corrected chi connectivity index (χ0v) is 19.4. The molecule has 0 aliphatic carbocycles. The fraction of sp³-hybridized carbons (Fsp3) is 0.536. The van der Waals surface area contributed by atoms with E-state index in [2.05, 4.69) is 6.92 Å². The molecule has 0 aromatic heterocycles. The molecule has 170 valence electrons. The molecular weight excluding hydrogens is 380 g/mol. The Morgan fingerprint density at radius 3 is 1.84 bits per heavy atom. The highest BCUT2D eigenvalue weighted by Gasteiger charge is 2.24. The Morgan fingerprint density at radius 2 is 1.26 bits per heavy atom. The van der Waals surface area contributed by atoms with Crippen molar-refractivity contribution in [2.24, 2.45) is 5.73 Å². The van der Waals surface area contributed by atoms with Crippen LogP contribution >= 0.6 is 0 Å². The lowest BCUT2D eigenvalue weighted by atomic mass is 9.84. The first kappa shape index (κ1) is 25.1. The van der Waals surface area contributed by atoms with Crippen LogP contribution in [0.15, 0.2) is 54.6 Å². The molecule has 0 heterocycles. The normalized spacial score (nSPS) is 13.1. The van der Waals surface area contributed by atoms with E-state index in [1.54, 1.807) is 0 Å². The lowest BCUT2D eigenvalue weighted by Crippen LogP contribution is -2.27. The van der Waals surface area contributed by atoms with Crippen molar-refractivity contribution in [3.63, 3.8) is 0 Å². The minimum atomic E-state index is -0.277. The van der Waals surface area contributed by atoms with Gasteiger partial charge in [0.2, 0.25) is 0 Å². The summed E-state index contributed by atoms with van der Waals surface area (Å²) in [6, 6.07) is 17.6. The van der Waals surface area contributed by atoms with E-state index in [9.17, 15) is 4.79 Å². The van der Waals surface area contributed by atoms with E-state index in [0.717, 1.165) is 24.0 Å². The van der Waals surface area contributed by atoms with Gasteiger partial charge in [0.1, 0.15) is 5.78 Å². The molecule has 0 spiro atoms. The van der Waals surface area contributed by atoms with Crippen LogP contribution in [-0.4, -0.2) is 11.8 Å². The molecule has 2 unspecified atom stereocenters. The van der Waals surface area contributed by atoms with Crippen molar-refractivity contribution in [1.29, 1.82) is 0 Å². The van der Waals surface area contributed by atoms with Gasteiger partial charge < -0.3 is 11.5 Å². The summed E-state index contributed by atoms with van der Waals surface area (Å²) in [5.74, 6) is -0.0869. The molecule has 31 heavy (non-hydrogen) atoms. The second kappa shape index (κ2) is 14.8. The quantitative estimate of drug-likeness (QED) is 0.226.